The van der Waals surface area contributed by atoms with Gasteiger partial charge in [0.1, 0.15) is 0 Å². The van der Waals surface area contributed by atoms with Crippen LogP contribution in [0.1, 0.15) is 36.8 Å². The molecule has 0 fully saturated rings. The van der Waals surface area contributed by atoms with Crippen molar-refractivity contribution in [3.63, 3.8) is 0 Å². The third-order valence-corrected chi connectivity index (χ3v) is 4.04. The Bertz CT molecular complexity index is 491. The Morgan fingerprint density at radius 1 is 1.00 bits per heavy atom. The molecule has 17 heavy (non-hydrogen) atoms. The number of pyridine rings is 1. The maximum atomic E-state index is 4.45. The van der Waals surface area contributed by atoms with Crippen molar-refractivity contribution in [2.75, 3.05) is 0 Å². The molecule has 0 spiro atoms. The van der Waals surface area contributed by atoms with Gasteiger partial charge in [0.25, 0.3) is 0 Å². The van der Waals surface area contributed by atoms with Crippen LogP contribution in [-0.2, 0) is 12.8 Å². The maximum absolute atomic E-state index is 4.45. The lowest BCUT2D eigenvalue weighted by atomic mass is 9.91. The van der Waals surface area contributed by atoms with Crippen LogP contribution in [0.25, 0.3) is 11.3 Å². The molecule has 0 aliphatic heterocycles. The number of hydrogen-bond acceptors (Lipinski definition) is 3. The molecule has 0 saturated carbocycles. The van der Waals surface area contributed by atoms with Crippen LogP contribution < -0.4 is 0 Å². The van der Waals surface area contributed by atoms with Gasteiger partial charge in [-0.3, -0.25) is 4.98 Å². The molecule has 2 aromatic heterocycles. The van der Waals surface area contributed by atoms with Crippen LogP contribution in [0, 0.1) is 0 Å². The van der Waals surface area contributed by atoms with Crippen molar-refractivity contribution in [1.29, 1.82) is 0 Å². The minimum atomic E-state index is 1.10. The minimum Gasteiger partial charge on any atom is -0.264 e. The van der Waals surface area contributed by atoms with Gasteiger partial charge in [-0.25, -0.2) is 0 Å². The second-order valence-electron chi connectivity index (χ2n) is 4.62. The lowest BCUT2D eigenvalue weighted by Gasteiger charge is -2.16. The second kappa shape index (κ2) is 4.96. The monoisotopic (exact) mass is 244 g/mol. The van der Waals surface area contributed by atoms with E-state index in [0.29, 0.717) is 0 Å². The third-order valence-electron chi connectivity index (χ3n) is 3.48. The van der Waals surface area contributed by atoms with Crippen LogP contribution in [0.2, 0.25) is 0 Å². The van der Waals surface area contributed by atoms with Crippen molar-refractivity contribution in [3.8, 4) is 11.3 Å². The minimum absolute atomic E-state index is 1.10. The smallest absolute Gasteiger partial charge is 0.0858 e. The summed E-state index contributed by atoms with van der Waals surface area (Å²) >= 11 is 1.52. The maximum Gasteiger partial charge on any atom is 0.0858 e. The fraction of sp³-hybridized carbons (Fsp3) is 0.429. The quantitative estimate of drug-likeness (QED) is 0.761. The number of aromatic nitrogens is 2. The Hall–Kier alpha value is -1.22. The highest BCUT2D eigenvalue weighted by Crippen LogP contribution is 2.29. The lowest BCUT2D eigenvalue weighted by molar-refractivity contribution is 0.616. The molecule has 2 heterocycles. The molecule has 0 N–H and O–H groups in total. The van der Waals surface area contributed by atoms with Gasteiger partial charge >= 0.3 is 0 Å². The summed E-state index contributed by atoms with van der Waals surface area (Å²) in [6.45, 7) is 0. The fourth-order valence-corrected chi connectivity index (χ4v) is 3.11. The second-order valence-corrected chi connectivity index (χ2v) is 5.29. The van der Waals surface area contributed by atoms with Crippen molar-refractivity contribution >= 4 is 11.5 Å². The summed E-state index contributed by atoms with van der Waals surface area (Å²) in [5, 5.41) is 2.04. The van der Waals surface area contributed by atoms with E-state index in [1.807, 2.05) is 11.6 Å². The van der Waals surface area contributed by atoms with Crippen molar-refractivity contribution < 1.29 is 0 Å². The number of nitrogens with zero attached hydrogens (tertiary/aromatic N) is 2. The van der Waals surface area contributed by atoms with Crippen LogP contribution in [0.15, 0.2) is 23.8 Å². The lowest BCUT2D eigenvalue weighted by Crippen LogP contribution is -2.03. The highest BCUT2D eigenvalue weighted by molar-refractivity contribution is 7.03. The van der Waals surface area contributed by atoms with Crippen LogP contribution in [-0.4, -0.2) is 9.36 Å². The first-order chi connectivity index (χ1) is 8.45. The highest BCUT2D eigenvalue weighted by atomic mass is 32.1. The van der Waals surface area contributed by atoms with Crippen LogP contribution in [0.3, 0.4) is 0 Å². The summed E-state index contributed by atoms with van der Waals surface area (Å²) in [6.07, 6.45) is 11.7. The summed E-state index contributed by atoms with van der Waals surface area (Å²) in [5.74, 6) is 0. The predicted molar refractivity (Wildman–Crippen MR) is 71.2 cm³/mol. The van der Waals surface area contributed by atoms with Crippen LogP contribution in [0.5, 0.6) is 0 Å². The van der Waals surface area contributed by atoms with E-state index in [1.165, 1.54) is 66.7 Å². The summed E-state index contributed by atoms with van der Waals surface area (Å²) in [5.41, 5.74) is 5.28. The van der Waals surface area contributed by atoms with Gasteiger partial charge in [0.05, 0.1) is 5.69 Å². The Balaban J connectivity index is 2.07. The highest BCUT2D eigenvalue weighted by Gasteiger charge is 2.13. The Labute approximate surface area is 106 Å². The molecule has 3 heteroatoms. The first-order valence-corrected chi connectivity index (χ1v) is 7.15. The molecule has 88 valence electrons. The summed E-state index contributed by atoms with van der Waals surface area (Å²) in [7, 11) is 0. The fourth-order valence-electron chi connectivity index (χ4n) is 2.58. The van der Waals surface area contributed by atoms with E-state index in [0.717, 1.165) is 5.69 Å². The molecular formula is C14H16N2S. The molecule has 0 atom stereocenters. The van der Waals surface area contributed by atoms with E-state index in [-0.39, 0.29) is 0 Å². The van der Waals surface area contributed by atoms with Crippen LogP contribution in [0.4, 0.5) is 0 Å². The van der Waals surface area contributed by atoms with Gasteiger partial charge in [-0.15, -0.1) is 0 Å². The zero-order chi connectivity index (χ0) is 11.5. The predicted octanol–water partition coefficient (Wildman–Crippen LogP) is 3.86. The van der Waals surface area contributed by atoms with E-state index in [1.54, 1.807) is 0 Å². The first kappa shape index (κ1) is 10.9. The summed E-state index contributed by atoms with van der Waals surface area (Å²) in [4.78, 5) is 4.39. The molecule has 2 aromatic rings. The zero-order valence-corrected chi connectivity index (χ0v) is 10.7. The molecule has 0 unspecified atom stereocenters. The van der Waals surface area contributed by atoms with E-state index in [9.17, 15) is 0 Å². The van der Waals surface area contributed by atoms with Gasteiger partial charge in [-0.1, -0.05) is 12.8 Å². The SMILES string of the molecule is c1cc(-c2cncc3c2CCCCCC3)ns1. The number of hydrogen-bond donors (Lipinski definition) is 0. The number of rotatable bonds is 1. The van der Waals surface area contributed by atoms with Crippen molar-refractivity contribution in [2.45, 2.75) is 38.5 Å². The molecule has 0 amide bonds. The van der Waals surface area contributed by atoms with Crippen LogP contribution >= 0.6 is 11.5 Å². The molecule has 1 aliphatic carbocycles. The van der Waals surface area contributed by atoms with Gasteiger partial charge in [0.15, 0.2) is 0 Å². The molecular weight excluding hydrogens is 228 g/mol. The number of aryl methyl sites for hydroxylation is 1. The normalized spacial score (nSPS) is 16.0. The van der Waals surface area contributed by atoms with Crippen molar-refractivity contribution in [2.24, 2.45) is 0 Å². The van der Waals surface area contributed by atoms with Gasteiger partial charge in [-0.2, -0.15) is 4.37 Å². The van der Waals surface area contributed by atoms with Gasteiger partial charge in [0.2, 0.25) is 0 Å². The van der Waals surface area contributed by atoms with E-state index in [2.05, 4.69) is 21.6 Å². The summed E-state index contributed by atoms with van der Waals surface area (Å²) < 4.78 is 4.45. The van der Waals surface area contributed by atoms with Gasteiger partial charge in [-0.05, 0) is 54.4 Å². The van der Waals surface area contributed by atoms with E-state index < -0.39 is 0 Å². The average molecular weight is 244 g/mol. The Morgan fingerprint density at radius 3 is 2.71 bits per heavy atom. The van der Waals surface area contributed by atoms with E-state index >= 15 is 0 Å². The van der Waals surface area contributed by atoms with Gasteiger partial charge < -0.3 is 0 Å². The number of fused-ring (bicyclic) bond motifs is 1. The third kappa shape index (κ3) is 2.25. The van der Waals surface area contributed by atoms with Crippen molar-refractivity contribution in [3.05, 3.63) is 35.0 Å². The molecule has 0 aromatic carbocycles. The summed E-state index contributed by atoms with van der Waals surface area (Å²) in [6, 6.07) is 2.10. The molecule has 3 rings (SSSR count). The largest absolute Gasteiger partial charge is 0.264 e. The topological polar surface area (TPSA) is 25.8 Å². The molecule has 0 bridgehead atoms. The molecule has 0 saturated heterocycles. The first-order valence-electron chi connectivity index (χ1n) is 6.31. The molecule has 2 nitrogen and oxygen atoms in total. The molecule has 0 radical (unpaired) electrons. The average Bonchev–Trinajstić information content (AvgIpc) is 2.82. The Morgan fingerprint density at radius 2 is 1.88 bits per heavy atom. The Kier molecular flexibility index (Phi) is 3.18. The van der Waals surface area contributed by atoms with E-state index in [4.69, 9.17) is 0 Å². The molecule has 1 aliphatic rings. The van der Waals surface area contributed by atoms with Crippen molar-refractivity contribution in [1.82, 2.24) is 9.36 Å². The zero-order valence-electron chi connectivity index (χ0n) is 9.85. The standard InChI is InChI=1S/C14H16N2S/c1-2-4-6-12-11(5-3-1)9-15-10-13(12)14-7-8-17-16-14/h7-10H,1-6H2. The van der Waals surface area contributed by atoms with Gasteiger partial charge in [0, 0.05) is 23.3 Å².